The van der Waals surface area contributed by atoms with E-state index in [0.29, 0.717) is 19.0 Å². The molecule has 3 N–H and O–H groups in total. The fraction of sp³-hybridized carbons (Fsp3) is 0.417. The van der Waals surface area contributed by atoms with E-state index in [1.54, 1.807) is 4.90 Å². The van der Waals surface area contributed by atoms with Gasteiger partial charge in [-0.3, -0.25) is 14.6 Å². The zero-order chi connectivity index (χ0) is 22.2. The number of rotatable bonds is 10. The molecule has 1 aliphatic rings. The molecule has 0 heterocycles. The van der Waals surface area contributed by atoms with Crippen molar-refractivity contribution in [1.82, 2.24) is 4.90 Å². The third kappa shape index (κ3) is 6.67. The Hall–Kier alpha value is -2.13. The maximum atomic E-state index is 12.0. The zero-order valence-electron chi connectivity index (χ0n) is 17.7. The summed E-state index contributed by atoms with van der Waals surface area (Å²) < 4.78 is 1.10. The van der Waals surface area contributed by atoms with Crippen molar-refractivity contribution in [2.75, 3.05) is 24.5 Å². The van der Waals surface area contributed by atoms with Crippen molar-refractivity contribution >= 4 is 40.3 Å². The fourth-order valence-corrected chi connectivity index (χ4v) is 4.74. The highest BCUT2D eigenvalue weighted by atomic mass is 127. The number of hydrogen-bond donors (Lipinski definition) is 2. The third-order valence-electron chi connectivity index (χ3n) is 5.85. The summed E-state index contributed by atoms with van der Waals surface area (Å²) in [7, 11) is 0. The normalized spacial score (nSPS) is 15.5. The summed E-state index contributed by atoms with van der Waals surface area (Å²) in [4.78, 5) is 27.1. The second kappa shape index (κ2) is 11.5. The predicted molar refractivity (Wildman–Crippen MR) is 131 cm³/mol. The number of primary amides is 1. The Labute approximate surface area is 197 Å². The lowest BCUT2D eigenvalue weighted by Crippen LogP contribution is -2.39. The molecule has 1 atom stereocenters. The zero-order valence-corrected chi connectivity index (χ0v) is 19.8. The van der Waals surface area contributed by atoms with Crippen LogP contribution in [-0.2, 0) is 11.2 Å². The van der Waals surface area contributed by atoms with E-state index >= 15 is 0 Å². The first-order chi connectivity index (χ1) is 15.0. The molecule has 0 fully saturated rings. The Morgan fingerprint density at radius 1 is 1.03 bits per heavy atom. The Bertz CT molecular complexity index is 888. The van der Waals surface area contributed by atoms with Crippen LogP contribution in [0.4, 0.5) is 10.5 Å². The first kappa shape index (κ1) is 23.5. The molecular formula is C24H30IN3O3. The molecule has 2 aromatic rings. The number of carbonyl (C=O) groups excluding carboxylic acids is 1. The van der Waals surface area contributed by atoms with Crippen LogP contribution in [0.1, 0.15) is 49.3 Å². The summed E-state index contributed by atoms with van der Waals surface area (Å²) in [6.45, 7) is 2.04. The van der Waals surface area contributed by atoms with Crippen LogP contribution in [0.15, 0.2) is 48.5 Å². The molecule has 2 amide bonds. The van der Waals surface area contributed by atoms with Crippen molar-refractivity contribution < 1.29 is 14.7 Å². The van der Waals surface area contributed by atoms with Crippen LogP contribution in [0.25, 0.3) is 0 Å². The van der Waals surface area contributed by atoms with Gasteiger partial charge < -0.3 is 10.8 Å². The minimum atomic E-state index is -0.761. The van der Waals surface area contributed by atoms with Crippen LogP contribution in [-0.4, -0.2) is 41.6 Å². The highest BCUT2D eigenvalue weighted by Gasteiger charge is 2.25. The van der Waals surface area contributed by atoms with E-state index < -0.39 is 12.0 Å². The van der Waals surface area contributed by atoms with Crippen LogP contribution in [0.3, 0.4) is 0 Å². The molecule has 0 saturated carbocycles. The molecule has 1 aliphatic carbocycles. The Morgan fingerprint density at radius 2 is 1.74 bits per heavy atom. The Morgan fingerprint density at radius 3 is 2.45 bits per heavy atom. The lowest BCUT2D eigenvalue weighted by atomic mass is 9.86. The standard InChI is InChI=1S/C24H30IN3O3/c25-19-11-13-20(14-12-19)28(24(26)31)17-5-16-27(15-4-10-23(29)30)22-9-3-7-18-6-1-2-8-21(18)22/h1-2,6,8,11-14,22H,3-5,7,9-10,15-17H2,(H2,26,31)(H,29,30). The maximum absolute atomic E-state index is 12.0. The Balaban J connectivity index is 1.69. The summed E-state index contributed by atoms with van der Waals surface area (Å²) >= 11 is 2.23. The van der Waals surface area contributed by atoms with Gasteiger partial charge in [0.2, 0.25) is 0 Å². The molecule has 7 heteroatoms. The molecule has 31 heavy (non-hydrogen) atoms. The van der Waals surface area contributed by atoms with Crippen LogP contribution in [0.2, 0.25) is 0 Å². The maximum Gasteiger partial charge on any atom is 0.319 e. The van der Waals surface area contributed by atoms with Gasteiger partial charge in [-0.2, -0.15) is 0 Å². The van der Waals surface area contributed by atoms with E-state index in [2.05, 4.69) is 51.8 Å². The molecular weight excluding hydrogens is 505 g/mol. The van der Waals surface area contributed by atoms with Crippen LogP contribution in [0, 0.1) is 3.57 Å². The van der Waals surface area contributed by atoms with Crippen LogP contribution >= 0.6 is 22.6 Å². The molecule has 0 radical (unpaired) electrons. The average molecular weight is 535 g/mol. The number of nitrogens with two attached hydrogens (primary N) is 1. The molecule has 0 spiro atoms. The van der Waals surface area contributed by atoms with Gasteiger partial charge in [0.05, 0.1) is 0 Å². The van der Waals surface area contributed by atoms with Gasteiger partial charge in [0.1, 0.15) is 0 Å². The molecule has 2 aromatic carbocycles. The highest BCUT2D eigenvalue weighted by molar-refractivity contribution is 14.1. The van der Waals surface area contributed by atoms with Gasteiger partial charge in [-0.1, -0.05) is 24.3 Å². The number of urea groups is 1. The number of amides is 2. The minimum absolute atomic E-state index is 0.168. The minimum Gasteiger partial charge on any atom is -0.481 e. The number of carboxylic acid groups (broad SMARTS) is 1. The monoisotopic (exact) mass is 535 g/mol. The lowest BCUT2D eigenvalue weighted by molar-refractivity contribution is -0.137. The first-order valence-electron chi connectivity index (χ1n) is 10.8. The third-order valence-corrected chi connectivity index (χ3v) is 6.57. The number of hydrogen-bond acceptors (Lipinski definition) is 3. The van der Waals surface area contributed by atoms with E-state index in [1.807, 2.05) is 24.3 Å². The van der Waals surface area contributed by atoms with Crippen molar-refractivity contribution in [3.63, 3.8) is 0 Å². The van der Waals surface area contributed by atoms with Crippen molar-refractivity contribution in [1.29, 1.82) is 0 Å². The number of fused-ring (bicyclic) bond motifs is 1. The lowest BCUT2D eigenvalue weighted by Gasteiger charge is -2.36. The van der Waals surface area contributed by atoms with Gasteiger partial charge >= 0.3 is 12.0 Å². The van der Waals surface area contributed by atoms with Crippen LogP contribution < -0.4 is 10.6 Å². The molecule has 0 aromatic heterocycles. The number of benzene rings is 2. The molecule has 166 valence electrons. The topological polar surface area (TPSA) is 86.9 Å². The van der Waals surface area contributed by atoms with E-state index in [4.69, 9.17) is 10.8 Å². The van der Waals surface area contributed by atoms with Crippen molar-refractivity contribution in [3.05, 3.63) is 63.2 Å². The largest absolute Gasteiger partial charge is 0.481 e. The van der Waals surface area contributed by atoms with Crippen molar-refractivity contribution in [2.45, 2.75) is 44.6 Å². The van der Waals surface area contributed by atoms with Gasteiger partial charge in [-0.25, -0.2) is 4.79 Å². The number of halogens is 1. The van der Waals surface area contributed by atoms with E-state index in [0.717, 1.165) is 48.0 Å². The van der Waals surface area contributed by atoms with Gasteiger partial charge in [-0.05, 0) is 96.6 Å². The number of anilines is 1. The average Bonchev–Trinajstić information content (AvgIpc) is 2.75. The predicted octanol–water partition coefficient (Wildman–Crippen LogP) is 4.81. The van der Waals surface area contributed by atoms with Gasteiger partial charge in [0.25, 0.3) is 0 Å². The van der Waals surface area contributed by atoms with Crippen molar-refractivity contribution in [2.24, 2.45) is 5.73 Å². The summed E-state index contributed by atoms with van der Waals surface area (Å²) in [6.07, 6.45) is 4.85. The highest BCUT2D eigenvalue weighted by Crippen LogP contribution is 2.34. The van der Waals surface area contributed by atoms with E-state index in [-0.39, 0.29) is 6.42 Å². The van der Waals surface area contributed by atoms with Gasteiger partial charge in [0.15, 0.2) is 0 Å². The second-order valence-corrected chi connectivity index (χ2v) is 9.21. The Kier molecular flexibility index (Phi) is 8.71. The number of nitrogens with zero attached hydrogens (tertiary/aromatic N) is 2. The van der Waals surface area contributed by atoms with Crippen molar-refractivity contribution in [3.8, 4) is 0 Å². The summed E-state index contributed by atoms with van der Waals surface area (Å²) in [6, 6.07) is 16.1. The second-order valence-electron chi connectivity index (χ2n) is 7.96. The first-order valence-corrected chi connectivity index (χ1v) is 11.9. The van der Waals surface area contributed by atoms with Gasteiger partial charge in [0, 0.05) is 34.8 Å². The van der Waals surface area contributed by atoms with Gasteiger partial charge in [-0.15, -0.1) is 0 Å². The molecule has 6 nitrogen and oxygen atoms in total. The van der Waals surface area contributed by atoms with E-state index in [9.17, 15) is 9.59 Å². The molecule has 1 unspecified atom stereocenters. The number of carboxylic acids is 1. The SMILES string of the molecule is NC(=O)N(CCCN(CCCC(=O)O)C1CCCc2ccccc21)c1ccc(I)cc1. The van der Waals surface area contributed by atoms with E-state index in [1.165, 1.54) is 11.1 Å². The molecule has 0 saturated heterocycles. The summed E-state index contributed by atoms with van der Waals surface area (Å²) in [5.74, 6) is -0.761. The number of aryl methyl sites for hydroxylation is 1. The summed E-state index contributed by atoms with van der Waals surface area (Å²) in [5.41, 5.74) is 9.19. The number of carbonyl (C=O) groups is 2. The molecule has 0 aliphatic heterocycles. The van der Waals surface area contributed by atoms with Crippen LogP contribution in [0.5, 0.6) is 0 Å². The summed E-state index contributed by atoms with van der Waals surface area (Å²) in [5, 5.41) is 9.07. The quantitative estimate of drug-likeness (QED) is 0.428. The fourth-order valence-electron chi connectivity index (χ4n) is 4.38. The smallest absolute Gasteiger partial charge is 0.319 e. The number of aliphatic carboxylic acids is 1. The molecule has 0 bridgehead atoms. The molecule has 3 rings (SSSR count).